The van der Waals surface area contributed by atoms with Gasteiger partial charge >= 0.3 is 0 Å². The maximum Gasteiger partial charge on any atom is 0.0364 e. The molecule has 2 rings (SSSR count). The van der Waals surface area contributed by atoms with E-state index in [1.54, 1.807) is 0 Å². The van der Waals surface area contributed by atoms with Crippen LogP contribution in [0.3, 0.4) is 0 Å². The number of likely N-dealkylation sites (N-methyl/N-ethyl adjacent to an activating group) is 1. The van der Waals surface area contributed by atoms with Gasteiger partial charge in [-0.1, -0.05) is 32.0 Å². The van der Waals surface area contributed by atoms with Gasteiger partial charge in [-0.3, -0.25) is 0 Å². The molecule has 0 aliphatic carbocycles. The highest BCUT2D eigenvalue weighted by molar-refractivity contribution is 5.45. The van der Waals surface area contributed by atoms with Crippen LogP contribution in [0.4, 0.5) is 5.69 Å². The predicted octanol–water partition coefficient (Wildman–Crippen LogP) is 2.90. The number of anilines is 1. The molecular weight excluding hydrogens is 208 g/mol. The second-order valence-corrected chi connectivity index (χ2v) is 5.81. The quantitative estimate of drug-likeness (QED) is 0.862. The zero-order valence-corrected chi connectivity index (χ0v) is 11.2. The first-order valence-electron chi connectivity index (χ1n) is 6.59. The molecule has 2 nitrogen and oxygen atoms in total. The number of rotatable bonds is 3. The summed E-state index contributed by atoms with van der Waals surface area (Å²) < 4.78 is 0. The van der Waals surface area contributed by atoms with Crippen LogP contribution in [0.2, 0.25) is 0 Å². The second-order valence-electron chi connectivity index (χ2n) is 5.81. The van der Waals surface area contributed by atoms with E-state index in [0.29, 0.717) is 11.5 Å². The Morgan fingerprint density at radius 1 is 1.29 bits per heavy atom. The van der Waals surface area contributed by atoms with Crippen LogP contribution in [-0.2, 0) is 0 Å². The molecule has 0 saturated carbocycles. The molecule has 17 heavy (non-hydrogen) atoms. The van der Waals surface area contributed by atoms with Gasteiger partial charge in [-0.05, 0) is 36.9 Å². The molecule has 1 aliphatic rings. The number of hydrogen-bond acceptors (Lipinski definition) is 2. The van der Waals surface area contributed by atoms with Crippen molar-refractivity contribution in [2.24, 2.45) is 5.41 Å². The molecule has 1 fully saturated rings. The molecule has 2 heteroatoms. The van der Waals surface area contributed by atoms with Crippen molar-refractivity contribution in [2.75, 3.05) is 25.0 Å². The molecule has 0 radical (unpaired) electrons. The van der Waals surface area contributed by atoms with Gasteiger partial charge in [-0.25, -0.2) is 0 Å². The molecule has 1 atom stereocenters. The Morgan fingerprint density at radius 3 is 2.65 bits per heavy atom. The van der Waals surface area contributed by atoms with Gasteiger partial charge in [0.25, 0.3) is 0 Å². The maximum atomic E-state index is 3.67. The third kappa shape index (κ3) is 3.01. The van der Waals surface area contributed by atoms with Crippen molar-refractivity contribution in [1.82, 2.24) is 5.32 Å². The van der Waals surface area contributed by atoms with E-state index in [1.807, 2.05) is 0 Å². The third-order valence-corrected chi connectivity index (χ3v) is 3.99. The first-order chi connectivity index (χ1) is 8.09. The zero-order valence-electron chi connectivity index (χ0n) is 11.2. The van der Waals surface area contributed by atoms with Gasteiger partial charge < -0.3 is 10.2 Å². The summed E-state index contributed by atoms with van der Waals surface area (Å²) in [6.07, 6.45) is 2.63. The molecule has 1 saturated heterocycles. The van der Waals surface area contributed by atoms with E-state index in [9.17, 15) is 0 Å². The van der Waals surface area contributed by atoms with E-state index in [2.05, 4.69) is 61.4 Å². The van der Waals surface area contributed by atoms with Crippen LogP contribution in [0.15, 0.2) is 30.3 Å². The van der Waals surface area contributed by atoms with Crippen molar-refractivity contribution in [1.29, 1.82) is 0 Å². The van der Waals surface area contributed by atoms with E-state index in [0.717, 1.165) is 13.1 Å². The van der Waals surface area contributed by atoms with E-state index in [4.69, 9.17) is 0 Å². The summed E-state index contributed by atoms with van der Waals surface area (Å²) in [5, 5.41) is 3.67. The fourth-order valence-corrected chi connectivity index (χ4v) is 2.64. The van der Waals surface area contributed by atoms with Crippen LogP contribution in [0, 0.1) is 5.41 Å². The van der Waals surface area contributed by atoms with Crippen molar-refractivity contribution in [3.8, 4) is 0 Å². The molecule has 1 aliphatic heterocycles. The molecule has 1 aromatic rings. The SMILES string of the molecule is CN(CC1NCCCC1(C)C)c1ccccc1. The van der Waals surface area contributed by atoms with Crippen LogP contribution < -0.4 is 10.2 Å². The zero-order chi connectivity index (χ0) is 12.3. The van der Waals surface area contributed by atoms with E-state index >= 15 is 0 Å². The summed E-state index contributed by atoms with van der Waals surface area (Å²) in [7, 11) is 2.18. The van der Waals surface area contributed by atoms with Crippen molar-refractivity contribution < 1.29 is 0 Å². The van der Waals surface area contributed by atoms with Crippen molar-refractivity contribution in [3.63, 3.8) is 0 Å². The topological polar surface area (TPSA) is 15.3 Å². The number of piperidine rings is 1. The molecule has 1 unspecified atom stereocenters. The van der Waals surface area contributed by atoms with Crippen LogP contribution in [0.1, 0.15) is 26.7 Å². The van der Waals surface area contributed by atoms with Gasteiger partial charge in [0.05, 0.1) is 0 Å². The smallest absolute Gasteiger partial charge is 0.0364 e. The number of nitrogens with zero attached hydrogens (tertiary/aromatic N) is 1. The average Bonchev–Trinajstić information content (AvgIpc) is 2.33. The van der Waals surface area contributed by atoms with Crippen LogP contribution >= 0.6 is 0 Å². The van der Waals surface area contributed by atoms with Gasteiger partial charge in [-0.2, -0.15) is 0 Å². The summed E-state index contributed by atoms with van der Waals surface area (Å²) in [6, 6.07) is 11.2. The lowest BCUT2D eigenvalue weighted by Crippen LogP contribution is -2.52. The van der Waals surface area contributed by atoms with Crippen molar-refractivity contribution in [2.45, 2.75) is 32.7 Å². The minimum atomic E-state index is 0.404. The number of benzene rings is 1. The summed E-state index contributed by atoms with van der Waals surface area (Å²) in [4.78, 5) is 2.35. The van der Waals surface area contributed by atoms with Crippen LogP contribution in [0.5, 0.6) is 0 Å². The highest BCUT2D eigenvalue weighted by Crippen LogP contribution is 2.30. The highest BCUT2D eigenvalue weighted by Gasteiger charge is 2.32. The summed E-state index contributed by atoms with van der Waals surface area (Å²) >= 11 is 0. The Morgan fingerprint density at radius 2 is 2.00 bits per heavy atom. The lowest BCUT2D eigenvalue weighted by atomic mass is 9.77. The van der Waals surface area contributed by atoms with E-state index in [1.165, 1.54) is 18.5 Å². The largest absolute Gasteiger partial charge is 0.373 e. The Kier molecular flexibility index (Phi) is 3.72. The lowest BCUT2D eigenvalue weighted by Gasteiger charge is -2.41. The molecule has 1 aromatic carbocycles. The first kappa shape index (κ1) is 12.4. The standard InChI is InChI=1S/C15H24N2/c1-15(2)10-7-11-16-14(15)12-17(3)13-8-5-4-6-9-13/h4-6,8-9,14,16H,7,10-12H2,1-3H3. The minimum absolute atomic E-state index is 0.404. The average molecular weight is 232 g/mol. The Labute approximate surface area is 105 Å². The minimum Gasteiger partial charge on any atom is -0.373 e. The summed E-state index contributed by atoms with van der Waals surface area (Å²) in [6.45, 7) is 7.00. The second kappa shape index (κ2) is 5.09. The molecule has 0 aromatic heterocycles. The lowest BCUT2D eigenvalue weighted by molar-refractivity contribution is 0.184. The number of nitrogens with one attached hydrogen (secondary N) is 1. The molecular formula is C15H24N2. The fourth-order valence-electron chi connectivity index (χ4n) is 2.64. The highest BCUT2D eigenvalue weighted by atomic mass is 15.1. The summed E-state index contributed by atoms with van der Waals surface area (Å²) in [5.74, 6) is 0. The van der Waals surface area contributed by atoms with Crippen LogP contribution in [-0.4, -0.2) is 26.2 Å². The molecule has 0 bridgehead atoms. The number of para-hydroxylation sites is 1. The third-order valence-electron chi connectivity index (χ3n) is 3.99. The van der Waals surface area contributed by atoms with Crippen molar-refractivity contribution >= 4 is 5.69 Å². The van der Waals surface area contributed by atoms with Crippen LogP contribution in [0.25, 0.3) is 0 Å². The molecule has 94 valence electrons. The maximum absolute atomic E-state index is 3.67. The van der Waals surface area contributed by atoms with Gasteiger partial charge in [0.15, 0.2) is 0 Å². The fraction of sp³-hybridized carbons (Fsp3) is 0.600. The Bertz CT molecular complexity index is 345. The van der Waals surface area contributed by atoms with Gasteiger partial charge in [0.1, 0.15) is 0 Å². The number of hydrogen-bond donors (Lipinski definition) is 1. The Balaban J connectivity index is 2.00. The van der Waals surface area contributed by atoms with Crippen molar-refractivity contribution in [3.05, 3.63) is 30.3 Å². The molecule has 0 spiro atoms. The van der Waals surface area contributed by atoms with Gasteiger partial charge in [0, 0.05) is 25.3 Å². The predicted molar refractivity (Wildman–Crippen MR) is 74.5 cm³/mol. The van der Waals surface area contributed by atoms with E-state index < -0.39 is 0 Å². The molecule has 0 amide bonds. The monoisotopic (exact) mass is 232 g/mol. The summed E-state index contributed by atoms with van der Waals surface area (Å²) in [5.41, 5.74) is 1.71. The van der Waals surface area contributed by atoms with Gasteiger partial charge in [-0.15, -0.1) is 0 Å². The molecule has 1 heterocycles. The van der Waals surface area contributed by atoms with Gasteiger partial charge in [0.2, 0.25) is 0 Å². The Hall–Kier alpha value is -1.02. The molecule has 1 N–H and O–H groups in total. The van der Waals surface area contributed by atoms with E-state index in [-0.39, 0.29) is 0 Å². The first-order valence-corrected chi connectivity index (χ1v) is 6.59. The normalized spacial score (nSPS) is 23.4.